The van der Waals surface area contributed by atoms with Gasteiger partial charge < -0.3 is 28.6 Å². The van der Waals surface area contributed by atoms with E-state index in [4.69, 9.17) is 23.7 Å². The third-order valence-corrected chi connectivity index (χ3v) is 6.97. The second kappa shape index (κ2) is 11.4. The lowest BCUT2D eigenvalue weighted by Crippen LogP contribution is -2.53. The van der Waals surface area contributed by atoms with Gasteiger partial charge in [0.1, 0.15) is 18.1 Å². The predicted octanol–water partition coefficient (Wildman–Crippen LogP) is 6.17. The Labute approximate surface area is 228 Å². The number of benzene rings is 4. The van der Waals surface area contributed by atoms with Crippen LogP contribution >= 0.6 is 0 Å². The van der Waals surface area contributed by atoms with Crippen molar-refractivity contribution in [2.24, 2.45) is 0 Å². The number of amides is 1. The molecule has 0 saturated carbocycles. The predicted molar refractivity (Wildman–Crippen MR) is 149 cm³/mol. The third-order valence-electron chi connectivity index (χ3n) is 6.97. The van der Waals surface area contributed by atoms with Crippen LogP contribution in [0.2, 0.25) is 0 Å². The molecule has 0 N–H and O–H groups in total. The number of hydrogen-bond acceptors (Lipinski definition) is 6. The first-order valence-corrected chi connectivity index (χ1v) is 12.6. The van der Waals surface area contributed by atoms with Crippen molar-refractivity contribution < 1.29 is 28.5 Å². The zero-order chi connectivity index (χ0) is 27.4. The number of carbonyl (C=O) groups excluding carboxylic acids is 1. The molecule has 0 radical (unpaired) electrons. The fraction of sp³-hybridized carbons (Fsp3) is 0.219. The van der Waals surface area contributed by atoms with E-state index in [1.165, 1.54) is 0 Å². The van der Waals surface area contributed by atoms with Gasteiger partial charge in [-0.1, -0.05) is 54.6 Å². The fourth-order valence-corrected chi connectivity index (χ4v) is 4.96. The molecule has 0 aliphatic carbocycles. The monoisotopic (exact) mass is 525 g/mol. The standard InChI is InChI=1S/C32H31NO6/c1-35-25-14-12-23(13-15-25)30-29(22-10-16-26(17-11-22)39-20-21-8-6-5-7-9-21)32(34)33(30)24-18-27(36-2)31(38-4)28(19-24)37-3/h5-19,29-30H,20H2,1-4H3/t29-,30-/m1/s1. The second-order valence-electron chi connectivity index (χ2n) is 9.13. The molecule has 5 rings (SSSR count). The maximum absolute atomic E-state index is 13.8. The lowest BCUT2D eigenvalue weighted by atomic mass is 9.77. The molecule has 1 heterocycles. The molecule has 0 aromatic heterocycles. The van der Waals surface area contributed by atoms with Gasteiger partial charge in [-0.2, -0.15) is 0 Å². The maximum Gasteiger partial charge on any atom is 0.237 e. The number of β-lactam (4-membered cyclic amide) rings is 1. The van der Waals surface area contributed by atoms with Crippen LogP contribution in [-0.2, 0) is 11.4 Å². The van der Waals surface area contributed by atoms with Crippen molar-refractivity contribution in [1.82, 2.24) is 0 Å². The number of rotatable bonds is 10. The van der Waals surface area contributed by atoms with Gasteiger partial charge in [0.25, 0.3) is 0 Å². The van der Waals surface area contributed by atoms with Crippen molar-refractivity contribution in [2.75, 3.05) is 33.3 Å². The Bertz CT molecular complexity index is 1390. The summed E-state index contributed by atoms with van der Waals surface area (Å²) in [5, 5.41) is 0. The average Bonchev–Trinajstić information content (AvgIpc) is 2.99. The minimum Gasteiger partial charge on any atom is -0.497 e. The molecule has 200 valence electrons. The molecular formula is C32H31NO6. The van der Waals surface area contributed by atoms with E-state index in [2.05, 4.69) is 0 Å². The number of carbonyl (C=O) groups is 1. The third kappa shape index (κ3) is 5.08. The number of nitrogens with zero attached hydrogens (tertiary/aromatic N) is 1. The molecule has 0 unspecified atom stereocenters. The Kier molecular flexibility index (Phi) is 7.59. The molecule has 4 aromatic rings. The van der Waals surface area contributed by atoms with Gasteiger partial charge in [0.15, 0.2) is 11.5 Å². The van der Waals surface area contributed by atoms with Crippen LogP contribution in [0.25, 0.3) is 0 Å². The van der Waals surface area contributed by atoms with Gasteiger partial charge in [0.2, 0.25) is 11.7 Å². The Hall–Kier alpha value is -4.65. The molecule has 0 spiro atoms. The Balaban J connectivity index is 1.47. The molecular weight excluding hydrogens is 494 g/mol. The summed E-state index contributed by atoms with van der Waals surface area (Å²) in [4.78, 5) is 15.6. The van der Waals surface area contributed by atoms with Gasteiger partial charge in [-0.25, -0.2) is 0 Å². The van der Waals surface area contributed by atoms with Gasteiger partial charge in [0, 0.05) is 12.1 Å². The van der Waals surface area contributed by atoms with Crippen LogP contribution in [0.1, 0.15) is 28.7 Å². The van der Waals surface area contributed by atoms with E-state index < -0.39 is 0 Å². The molecule has 1 amide bonds. The Morgan fingerprint density at radius 1 is 0.667 bits per heavy atom. The summed E-state index contributed by atoms with van der Waals surface area (Å²) in [5.74, 6) is 2.54. The van der Waals surface area contributed by atoms with Crippen LogP contribution in [0.4, 0.5) is 5.69 Å². The second-order valence-corrected chi connectivity index (χ2v) is 9.13. The lowest BCUT2D eigenvalue weighted by molar-refractivity contribution is -0.126. The number of hydrogen-bond donors (Lipinski definition) is 0. The van der Waals surface area contributed by atoms with E-state index in [9.17, 15) is 4.79 Å². The van der Waals surface area contributed by atoms with Crippen molar-refractivity contribution in [3.8, 4) is 28.7 Å². The van der Waals surface area contributed by atoms with Crippen LogP contribution in [0.15, 0.2) is 91.0 Å². The zero-order valence-corrected chi connectivity index (χ0v) is 22.4. The molecule has 7 heteroatoms. The molecule has 39 heavy (non-hydrogen) atoms. The van der Waals surface area contributed by atoms with E-state index in [0.29, 0.717) is 29.5 Å². The van der Waals surface area contributed by atoms with Crippen molar-refractivity contribution in [3.05, 3.63) is 108 Å². The van der Waals surface area contributed by atoms with E-state index >= 15 is 0 Å². The van der Waals surface area contributed by atoms with Gasteiger partial charge in [0.05, 0.1) is 46.1 Å². The maximum atomic E-state index is 13.8. The van der Waals surface area contributed by atoms with Crippen molar-refractivity contribution in [1.29, 1.82) is 0 Å². The molecule has 0 bridgehead atoms. The van der Waals surface area contributed by atoms with E-state index in [0.717, 1.165) is 28.2 Å². The summed E-state index contributed by atoms with van der Waals surface area (Å²) in [6.07, 6.45) is 0. The summed E-state index contributed by atoms with van der Waals surface area (Å²) in [6.45, 7) is 0.478. The topological polar surface area (TPSA) is 66.5 Å². The van der Waals surface area contributed by atoms with Gasteiger partial charge in [-0.3, -0.25) is 4.79 Å². The summed E-state index contributed by atoms with van der Waals surface area (Å²) >= 11 is 0. The summed E-state index contributed by atoms with van der Waals surface area (Å²) in [7, 11) is 6.31. The lowest BCUT2D eigenvalue weighted by Gasteiger charge is -2.48. The van der Waals surface area contributed by atoms with Crippen LogP contribution < -0.4 is 28.6 Å². The molecule has 1 aliphatic heterocycles. The molecule has 7 nitrogen and oxygen atoms in total. The molecule has 4 aromatic carbocycles. The molecule has 1 saturated heterocycles. The first-order valence-electron chi connectivity index (χ1n) is 12.6. The fourth-order valence-electron chi connectivity index (χ4n) is 4.96. The van der Waals surface area contributed by atoms with E-state index in [-0.39, 0.29) is 17.9 Å². The Morgan fingerprint density at radius 2 is 1.26 bits per heavy atom. The highest BCUT2D eigenvalue weighted by molar-refractivity contribution is 6.07. The molecule has 2 atom stereocenters. The minimum atomic E-state index is -0.374. The normalized spacial score (nSPS) is 16.3. The highest BCUT2D eigenvalue weighted by atomic mass is 16.5. The highest BCUT2D eigenvalue weighted by Gasteiger charge is 2.50. The molecule has 1 aliphatic rings. The van der Waals surface area contributed by atoms with Gasteiger partial charge in [-0.15, -0.1) is 0 Å². The number of anilines is 1. The van der Waals surface area contributed by atoms with Crippen molar-refractivity contribution in [3.63, 3.8) is 0 Å². The van der Waals surface area contributed by atoms with E-state index in [1.54, 1.807) is 45.5 Å². The largest absolute Gasteiger partial charge is 0.497 e. The number of ether oxygens (including phenoxy) is 5. The summed E-state index contributed by atoms with van der Waals surface area (Å²) in [6, 6.07) is 28.9. The van der Waals surface area contributed by atoms with E-state index in [1.807, 2.05) is 78.9 Å². The van der Waals surface area contributed by atoms with Gasteiger partial charge in [-0.05, 0) is 41.0 Å². The smallest absolute Gasteiger partial charge is 0.237 e. The van der Waals surface area contributed by atoms with Crippen LogP contribution in [0, 0.1) is 0 Å². The van der Waals surface area contributed by atoms with Gasteiger partial charge >= 0.3 is 0 Å². The average molecular weight is 526 g/mol. The van der Waals surface area contributed by atoms with Crippen molar-refractivity contribution >= 4 is 11.6 Å². The quantitative estimate of drug-likeness (QED) is 0.231. The van der Waals surface area contributed by atoms with Crippen LogP contribution in [0.5, 0.6) is 28.7 Å². The minimum absolute atomic E-state index is 0.0250. The van der Waals surface area contributed by atoms with Crippen LogP contribution in [-0.4, -0.2) is 34.3 Å². The Morgan fingerprint density at radius 3 is 1.82 bits per heavy atom. The SMILES string of the molecule is COc1ccc([C@@H]2[C@@H](c3ccc(OCc4ccccc4)cc3)C(=O)N2c2cc(OC)c(OC)c(OC)c2)cc1. The summed E-state index contributed by atoms with van der Waals surface area (Å²) < 4.78 is 27.9. The first kappa shape index (κ1) is 26.0. The first-order chi connectivity index (χ1) is 19.1. The summed E-state index contributed by atoms with van der Waals surface area (Å²) in [5.41, 5.74) is 3.65. The zero-order valence-electron chi connectivity index (χ0n) is 22.4. The number of methoxy groups -OCH3 is 4. The van der Waals surface area contributed by atoms with Crippen LogP contribution in [0.3, 0.4) is 0 Å². The van der Waals surface area contributed by atoms with Crippen molar-refractivity contribution in [2.45, 2.75) is 18.6 Å². The highest BCUT2D eigenvalue weighted by Crippen LogP contribution is 2.52. The molecule has 1 fully saturated rings.